The van der Waals surface area contributed by atoms with Crippen LogP contribution in [0.2, 0.25) is 0 Å². The molecular formula is C18H26N2O4. The lowest BCUT2D eigenvalue weighted by atomic mass is 9.93. The normalized spacial score (nSPS) is 17.8. The molecule has 24 heavy (non-hydrogen) atoms. The van der Waals surface area contributed by atoms with Gasteiger partial charge in [0.2, 0.25) is 0 Å². The number of nitrogens with one attached hydrogen (secondary N) is 1. The van der Waals surface area contributed by atoms with Gasteiger partial charge in [0.25, 0.3) is 5.91 Å². The molecular weight excluding hydrogens is 308 g/mol. The number of hydrogen-bond acceptors (Lipinski definition) is 4. The fraction of sp³-hybridized carbons (Fsp3) is 0.556. The fourth-order valence-electron chi connectivity index (χ4n) is 2.88. The minimum Gasteiger partial charge on any atom is -0.491 e. The van der Waals surface area contributed by atoms with Crippen LogP contribution in [0.5, 0.6) is 5.75 Å². The summed E-state index contributed by atoms with van der Waals surface area (Å²) in [6, 6.07) is 7.19. The van der Waals surface area contributed by atoms with E-state index < -0.39 is 17.7 Å². The highest BCUT2D eigenvalue weighted by Crippen LogP contribution is 2.25. The molecule has 0 saturated carbocycles. The number of aliphatic hydroxyl groups is 1. The Morgan fingerprint density at radius 1 is 1.25 bits per heavy atom. The molecule has 132 valence electrons. The Hall–Kier alpha value is -2.08. The molecule has 2 rings (SSSR count). The Morgan fingerprint density at radius 3 is 2.54 bits per heavy atom. The average Bonchev–Trinajstić information content (AvgIpc) is 2.84. The van der Waals surface area contributed by atoms with E-state index in [1.165, 1.54) is 0 Å². The number of aryl methyl sites for hydroxylation is 1. The maximum absolute atomic E-state index is 12.5. The first kappa shape index (κ1) is 18.3. The number of aliphatic hydroxyl groups excluding tert-OH is 1. The van der Waals surface area contributed by atoms with E-state index in [-0.39, 0.29) is 19.1 Å². The van der Waals surface area contributed by atoms with Crippen molar-refractivity contribution < 1.29 is 19.4 Å². The number of nitrogens with zero attached hydrogens (tertiary/aromatic N) is 1. The molecule has 1 aromatic rings. The summed E-state index contributed by atoms with van der Waals surface area (Å²) in [6.45, 7) is 5.74. The van der Waals surface area contributed by atoms with E-state index in [2.05, 4.69) is 12.2 Å². The zero-order valence-corrected chi connectivity index (χ0v) is 14.5. The predicted molar refractivity (Wildman–Crippen MR) is 90.9 cm³/mol. The zero-order valence-electron chi connectivity index (χ0n) is 14.5. The van der Waals surface area contributed by atoms with Crippen molar-refractivity contribution in [2.24, 2.45) is 0 Å². The van der Waals surface area contributed by atoms with Gasteiger partial charge >= 0.3 is 6.03 Å². The first-order chi connectivity index (χ1) is 11.5. The summed E-state index contributed by atoms with van der Waals surface area (Å²) in [5.41, 5.74) is 0.305. The van der Waals surface area contributed by atoms with E-state index in [1.54, 1.807) is 0 Å². The van der Waals surface area contributed by atoms with Crippen LogP contribution < -0.4 is 10.1 Å². The van der Waals surface area contributed by atoms with Crippen molar-refractivity contribution in [3.05, 3.63) is 29.8 Å². The van der Waals surface area contributed by atoms with Gasteiger partial charge in [-0.1, -0.05) is 32.9 Å². The molecule has 0 aliphatic carbocycles. The Bertz CT molecular complexity index is 598. The lowest BCUT2D eigenvalue weighted by molar-refractivity contribution is -0.132. The van der Waals surface area contributed by atoms with Crippen molar-refractivity contribution in [2.45, 2.75) is 51.7 Å². The van der Waals surface area contributed by atoms with Gasteiger partial charge in [-0.25, -0.2) is 4.79 Å². The van der Waals surface area contributed by atoms with Crippen LogP contribution in [0.3, 0.4) is 0 Å². The Labute approximate surface area is 142 Å². The largest absolute Gasteiger partial charge is 0.491 e. The van der Waals surface area contributed by atoms with Gasteiger partial charge in [0.1, 0.15) is 24.0 Å². The quantitative estimate of drug-likeness (QED) is 0.714. The molecule has 1 unspecified atom stereocenters. The first-order valence-electron chi connectivity index (χ1n) is 8.49. The van der Waals surface area contributed by atoms with Gasteiger partial charge in [-0.15, -0.1) is 0 Å². The number of benzene rings is 1. The molecule has 6 nitrogen and oxygen atoms in total. The highest BCUT2D eigenvalue weighted by molar-refractivity contribution is 6.07. The van der Waals surface area contributed by atoms with Gasteiger partial charge in [-0.05, 0) is 37.0 Å². The van der Waals surface area contributed by atoms with Gasteiger partial charge in [-0.3, -0.25) is 9.69 Å². The van der Waals surface area contributed by atoms with E-state index in [4.69, 9.17) is 4.74 Å². The number of imide groups is 1. The Kier molecular flexibility index (Phi) is 5.83. The molecule has 1 fully saturated rings. The summed E-state index contributed by atoms with van der Waals surface area (Å²) in [5.74, 6) is 0.395. The third-order valence-electron chi connectivity index (χ3n) is 4.60. The van der Waals surface area contributed by atoms with Crippen molar-refractivity contribution in [1.29, 1.82) is 0 Å². The number of urea groups is 1. The molecule has 0 spiro atoms. The fourth-order valence-corrected chi connectivity index (χ4v) is 2.88. The second kappa shape index (κ2) is 7.66. The third-order valence-corrected chi connectivity index (χ3v) is 4.60. The average molecular weight is 334 g/mol. The Balaban J connectivity index is 1.93. The molecule has 1 heterocycles. The van der Waals surface area contributed by atoms with Crippen LogP contribution in [0.15, 0.2) is 24.3 Å². The number of carbonyl (C=O) groups excluding carboxylic acids is 2. The topological polar surface area (TPSA) is 78.9 Å². The Morgan fingerprint density at radius 2 is 1.96 bits per heavy atom. The lowest BCUT2D eigenvalue weighted by Crippen LogP contribution is -2.46. The predicted octanol–water partition coefficient (Wildman–Crippen LogP) is 2.10. The highest BCUT2D eigenvalue weighted by atomic mass is 16.5. The van der Waals surface area contributed by atoms with Crippen LogP contribution in [0.25, 0.3) is 0 Å². The first-order valence-corrected chi connectivity index (χ1v) is 8.49. The van der Waals surface area contributed by atoms with Gasteiger partial charge in [0.15, 0.2) is 0 Å². The molecule has 0 bridgehead atoms. The summed E-state index contributed by atoms with van der Waals surface area (Å²) in [4.78, 5) is 25.6. The van der Waals surface area contributed by atoms with Crippen molar-refractivity contribution >= 4 is 11.9 Å². The van der Waals surface area contributed by atoms with Crippen molar-refractivity contribution in [1.82, 2.24) is 10.2 Å². The number of ether oxygens (including phenoxy) is 1. The molecule has 1 aromatic carbocycles. The van der Waals surface area contributed by atoms with Crippen molar-refractivity contribution in [3.63, 3.8) is 0 Å². The number of β-amino-alcohol motifs (C(OH)–C–C–N with tert-alkyl or cyclic N) is 1. The second-order valence-corrected chi connectivity index (χ2v) is 6.10. The zero-order chi connectivity index (χ0) is 17.7. The highest BCUT2D eigenvalue weighted by Gasteiger charge is 2.48. The van der Waals surface area contributed by atoms with Crippen LogP contribution in [-0.4, -0.2) is 46.7 Å². The van der Waals surface area contributed by atoms with Crippen LogP contribution >= 0.6 is 0 Å². The van der Waals surface area contributed by atoms with Crippen LogP contribution in [0.1, 0.15) is 39.2 Å². The van der Waals surface area contributed by atoms with Gasteiger partial charge in [0, 0.05) is 0 Å². The summed E-state index contributed by atoms with van der Waals surface area (Å²) in [7, 11) is 0. The summed E-state index contributed by atoms with van der Waals surface area (Å²) in [6.07, 6.45) is 1.02. The second-order valence-electron chi connectivity index (χ2n) is 6.10. The minimum atomic E-state index is -0.936. The van der Waals surface area contributed by atoms with E-state index in [1.807, 2.05) is 38.1 Å². The maximum Gasteiger partial charge on any atom is 0.325 e. The van der Waals surface area contributed by atoms with Crippen molar-refractivity contribution in [3.8, 4) is 5.75 Å². The number of hydrogen-bond donors (Lipinski definition) is 2. The molecule has 3 amide bonds. The SMILES string of the molecule is CCc1cccc(OCC(O)CN2C(=O)NC(CC)(CC)C2=O)c1. The molecule has 2 N–H and O–H groups in total. The lowest BCUT2D eigenvalue weighted by Gasteiger charge is -2.24. The van der Waals surface area contributed by atoms with E-state index in [0.717, 1.165) is 16.9 Å². The van der Waals surface area contributed by atoms with Crippen LogP contribution in [0, 0.1) is 0 Å². The molecule has 6 heteroatoms. The maximum atomic E-state index is 12.5. The van der Waals surface area contributed by atoms with Crippen molar-refractivity contribution in [2.75, 3.05) is 13.2 Å². The van der Waals surface area contributed by atoms with E-state index in [0.29, 0.717) is 18.6 Å². The standard InChI is InChI=1S/C18H26N2O4/c1-4-13-8-7-9-15(10-13)24-12-14(21)11-20-16(22)18(5-2,6-3)19-17(20)23/h7-10,14,21H,4-6,11-12H2,1-3H3,(H,19,23). The summed E-state index contributed by atoms with van der Waals surface area (Å²) in [5, 5.41) is 12.9. The van der Waals surface area contributed by atoms with Gasteiger partial charge in [0.05, 0.1) is 6.54 Å². The molecule has 0 aromatic heterocycles. The van der Waals surface area contributed by atoms with E-state index in [9.17, 15) is 14.7 Å². The number of amides is 3. The molecule has 1 saturated heterocycles. The molecule has 1 aliphatic rings. The third kappa shape index (κ3) is 3.70. The monoisotopic (exact) mass is 334 g/mol. The smallest absolute Gasteiger partial charge is 0.325 e. The van der Waals surface area contributed by atoms with Crippen LogP contribution in [-0.2, 0) is 11.2 Å². The molecule has 1 aliphatic heterocycles. The number of rotatable bonds is 8. The van der Waals surface area contributed by atoms with E-state index >= 15 is 0 Å². The van der Waals surface area contributed by atoms with Gasteiger partial charge < -0.3 is 15.2 Å². The summed E-state index contributed by atoms with van der Waals surface area (Å²) < 4.78 is 5.58. The van der Waals surface area contributed by atoms with Gasteiger partial charge in [-0.2, -0.15) is 0 Å². The van der Waals surface area contributed by atoms with Crippen LogP contribution in [0.4, 0.5) is 4.79 Å². The molecule has 1 atom stereocenters. The molecule has 0 radical (unpaired) electrons. The number of carbonyl (C=O) groups is 2. The minimum absolute atomic E-state index is 0.0233. The summed E-state index contributed by atoms with van der Waals surface area (Å²) >= 11 is 0.